The van der Waals surface area contributed by atoms with Gasteiger partial charge in [0.15, 0.2) is 0 Å². The number of carbonyl (C=O) groups excluding carboxylic acids is 2. The van der Waals surface area contributed by atoms with E-state index in [1.54, 1.807) is 30.5 Å². The number of furan rings is 1. The molecule has 1 heterocycles. The Kier molecular flexibility index (Phi) is 2.59. The van der Waals surface area contributed by atoms with Crippen molar-refractivity contribution in [3.63, 3.8) is 0 Å². The van der Waals surface area contributed by atoms with Gasteiger partial charge in [0.25, 0.3) is 5.91 Å². The van der Waals surface area contributed by atoms with E-state index in [0.29, 0.717) is 5.56 Å². The van der Waals surface area contributed by atoms with E-state index < -0.39 is 0 Å². The first-order valence-electron chi connectivity index (χ1n) is 4.71. The van der Waals surface area contributed by atoms with Crippen molar-refractivity contribution in [1.82, 2.24) is 10.9 Å². The van der Waals surface area contributed by atoms with Crippen LogP contribution in [0.4, 0.5) is 0 Å². The molecule has 1 aromatic heterocycles. The summed E-state index contributed by atoms with van der Waals surface area (Å²) in [5, 5.41) is 0.843. The highest BCUT2D eigenvalue weighted by Gasteiger charge is 2.07. The summed E-state index contributed by atoms with van der Waals surface area (Å²) in [6.45, 7) is 1.32. The van der Waals surface area contributed by atoms with Gasteiger partial charge < -0.3 is 4.42 Å². The van der Waals surface area contributed by atoms with Crippen LogP contribution < -0.4 is 10.9 Å². The SMILES string of the molecule is CC(=O)NNC(=O)c1ccc2occc2c1. The van der Waals surface area contributed by atoms with E-state index in [4.69, 9.17) is 4.42 Å². The summed E-state index contributed by atoms with van der Waals surface area (Å²) in [7, 11) is 0. The largest absolute Gasteiger partial charge is 0.464 e. The van der Waals surface area contributed by atoms with Gasteiger partial charge in [-0.2, -0.15) is 0 Å². The third-order valence-electron chi connectivity index (χ3n) is 2.07. The summed E-state index contributed by atoms with van der Waals surface area (Å²) in [6, 6.07) is 6.79. The third kappa shape index (κ3) is 2.03. The molecule has 0 aliphatic heterocycles. The van der Waals surface area contributed by atoms with Crippen LogP contribution in [0.5, 0.6) is 0 Å². The van der Waals surface area contributed by atoms with Gasteiger partial charge in [-0.3, -0.25) is 20.4 Å². The molecule has 0 aliphatic carbocycles. The van der Waals surface area contributed by atoms with Crippen LogP contribution in [0.3, 0.4) is 0 Å². The fourth-order valence-electron chi connectivity index (χ4n) is 1.32. The standard InChI is InChI=1S/C11H10N2O3/c1-7(14)12-13-11(15)9-2-3-10-8(6-9)4-5-16-10/h2-6H,1H3,(H,12,14)(H,13,15). The molecule has 0 atom stereocenters. The molecule has 2 aromatic rings. The third-order valence-corrected chi connectivity index (χ3v) is 2.07. The molecule has 0 spiro atoms. The Labute approximate surface area is 91.4 Å². The molecule has 5 heteroatoms. The first-order chi connectivity index (χ1) is 7.66. The number of rotatable bonds is 1. The number of amides is 2. The van der Waals surface area contributed by atoms with Crippen LogP contribution in [0.1, 0.15) is 17.3 Å². The molecule has 2 amide bonds. The fourth-order valence-corrected chi connectivity index (χ4v) is 1.32. The van der Waals surface area contributed by atoms with E-state index in [0.717, 1.165) is 11.0 Å². The molecule has 0 bridgehead atoms. The Morgan fingerprint density at radius 3 is 2.75 bits per heavy atom. The summed E-state index contributed by atoms with van der Waals surface area (Å²) in [5.74, 6) is -0.684. The van der Waals surface area contributed by atoms with Gasteiger partial charge in [0.2, 0.25) is 5.91 Å². The second kappa shape index (κ2) is 4.06. The van der Waals surface area contributed by atoms with Crippen LogP contribution in [0.25, 0.3) is 11.0 Å². The molecular weight excluding hydrogens is 208 g/mol. The van der Waals surface area contributed by atoms with Crippen LogP contribution >= 0.6 is 0 Å². The highest BCUT2D eigenvalue weighted by atomic mass is 16.3. The van der Waals surface area contributed by atoms with Crippen LogP contribution in [0.2, 0.25) is 0 Å². The van der Waals surface area contributed by atoms with Crippen LogP contribution in [0, 0.1) is 0 Å². The average Bonchev–Trinajstić information content (AvgIpc) is 2.72. The molecule has 0 saturated heterocycles. The van der Waals surface area contributed by atoms with Crippen molar-refractivity contribution in [2.24, 2.45) is 0 Å². The van der Waals surface area contributed by atoms with Gasteiger partial charge in [-0.05, 0) is 24.3 Å². The van der Waals surface area contributed by atoms with Crippen molar-refractivity contribution in [3.05, 3.63) is 36.1 Å². The quantitative estimate of drug-likeness (QED) is 0.707. The Bertz CT molecular complexity index is 545. The van der Waals surface area contributed by atoms with Crippen LogP contribution in [-0.4, -0.2) is 11.8 Å². The minimum atomic E-state index is -0.363. The molecular formula is C11H10N2O3. The summed E-state index contributed by atoms with van der Waals surface area (Å²) in [5.41, 5.74) is 5.69. The Balaban J connectivity index is 2.19. The highest BCUT2D eigenvalue weighted by molar-refractivity contribution is 5.98. The number of hydrazine groups is 1. The van der Waals surface area contributed by atoms with Crippen molar-refractivity contribution in [3.8, 4) is 0 Å². The summed E-state index contributed by atoms with van der Waals surface area (Å²) >= 11 is 0. The molecule has 0 fully saturated rings. The Morgan fingerprint density at radius 1 is 1.19 bits per heavy atom. The van der Waals surface area contributed by atoms with Gasteiger partial charge in [0.1, 0.15) is 5.58 Å². The van der Waals surface area contributed by atoms with E-state index >= 15 is 0 Å². The second-order valence-electron chi connectivity index (χ2n) is 3.31. The van der Waals surface area contributed by atoms with E-state index in [1.165, 1.54) is 6.92 Å². The molecule has 0 aliphatic rings. The normalized spacial score (nSPS) is 10.1. The number of hydrogen-bond donors (Lipinski definition) is 2. The number of fused-ring (bicyclic) bond motifs is 1. The minimum absolute atomic E-state index is 0.322. The molecule has 0 saturated carbocycles. The van der Waals surface area contributed by atoms with Gasteiger partial charge in [0, 0.05) is 17.9 Å². The average molecular weight is 218 g/mol. The number of nitrogens with one attached hydrogen (secondary N) is 2. The van der Waals surface area contributed by atoms with Crippen molar-refractivity contribution >= 4 is 22.8 Å². The van der Waals surface area contributed by atoms with E-state index in [9.17, 15) is 9.59 Å². The summed E-state index contributed by atoms with van der Waals surface area (Å²) in [4.78, 5) is 22.2. The van der Waals surface area contributed by atoms with E-state index in [1.807, 2.05) is 0 Å². The second-order valence-corrected chi connectivity index (χ2v) is 3.31. The van der Waals surface area contributed by atoms with Gasteiger partial charge >= 0.3 is 0 Å². The lowest BCUT2D eigenvalue weighted by Crippen LogP contribution is -2.40. The number of hydrogen-bond acceptors (Lipinski definition) is 3. The molecule has 5 nitrogen and oxygen atoms in total. The first kappa shape index (κ1) is 10.2. The van der Waals surface area contributed by atoms with Gasteiger partial charge in [0.05, 0.1) is 6.26 Å². The smallest absolute Gasteiger partial charge is 0.269 e. The molecule has 1 aromatic carbocycles. The van der Waals surface area contributed by atoms with Crippen molar-refractivity contribution < 1.29 is 14.0 Å². The van der Waals surface area contributed by atoms with Crippen molar-refractivity contribution in [1.29, 1.82) is 0 Å². The van der Waals surface area contributed by atoms with Crippen molar-refractivity contribution in [2.75, 3.05) is 0 Å². The summed E-state index contributed by atoms with van der Waals surface area (Å²) < 4.78 is 5.15. The molecule has 2 N–H and O–H groups in total. The first-order valence-corrected chi connectivity index (χ1v) is 4.71. The lowest BCUT2D eigenvalue weighted by molar-refractivity contribution is -0.119. The minimum Gasteiger partial charge on any atom is -0.464 e. The van der Waals surface area contributed by atoms with Gasteiger partial charge in [-0.25, -0.2) is 0 Å². The van der Waals surface area contributed by atoms with Crippen LogP contribution in [0.15, 0.2) is 34.9 Å². The molecule has 0 unspecified atom stereocenters. The number of benzene rings is 1. The summed E-state index contributed by atoms with van der Waals surface area (Å²) in [6.07, 6.45) is 1.56. The molecule has 0 radical (unpaired) electrons. The van der Waals surface area contributed by atoms with Gasteiger partial charge in [-0.15, -0.1) is 0 Å². The highest BCUT2D eigenvalue weighted by Crippen LogP contribution is 2.16. The predicted molar refractivity (Wildman–Crippen MR) is 57.5 cm³/mol. The molecule has 82 valence electrons. The number of carbonyl (C=O) groups is 2. The maximum Gasteiger partial charge on any atom is 0.269 e. The molecule has 16 heavy (non-hydrogen) atoms. The predicted octanol–water partition coefficient (Wildman–Crippen LogP) is 1.21. The maximum atomic E-state index is 11.6. The zero-order chi connectivity index (χ0) is 11.5. The Hall–Kier alpha value is -2.30. The van der Waals surface area contributed by atoms with E-state index in [-0.39, 0.29) is 11.8 Å². The van der Waals surface area contributed by atoms with Crippen LogP contribution in [-0.2, 0) is 4.79 Å². The monoisotopic (exact) mass is 218 g/mol. The maximum absolute atomic E-state index is 11.6. The van der Waals surface area contributed by atoms with Crippen molar-refractivity contribution in [2.45, 2.75) is 6.92 Å². The van der Waals surface area contributed by atoms with E-state index in [2.05, 4.69) is 10.9 Å². The zero-order valence-electron chi connectivity index (χ0n) is 8.61. The zero-order valence-corrected chi connectivity index (χ0v) is 8.61. The van der Waals surface area contributed by atoms with Gasteiger partial charge in [-0.1, -0.05) is 0 Å². The topological polar surface area (TPSA) is 71.3 Å². The molecule has 2 rings (SSSR count). The fraction of sp³-hybridized carbons (Fsp3) is 0.0909. The lowest BCUT2D eigenvalue weighted by Gasteiger charge is -2.04. The Morgan fingerprint density at radius 2 is 2.00 bits per heavy atom. The lowest BCUT2D eigenvalue weighted by atomic mass is 10.1.